The average Bonchev–Trinajstić information content (AvgIpc) is 2.66. The van der Waals surface area contributed by atoms with Gasteiger partial charge in [0.15, 0.2) is 0 Å². The van der Waals surface area contributed by atoms with Crippen LogP contribution in [0.15, 0.2) is 0 Å². The number of nitrogens with zero attached hydrogens (tertiary/aromatic N) is 1. The summed E-state index contributed by atoms with van der Waals surface area (Å²) >= 11 is 0. The molecule has 3 heteroatoms. The van der Waals surface area contributed by atoms with Gasteiger partial charge in [-0.25, -0.2) is 0 Å². The van der Waals surface area contributed by atoms with E-state index in [1.165, 1.54) is 6.42 Å². The molecule has 1 rings (SSSR count). The maximum Gasteiger partial charge on any atom is 0.0622 e. The zero-order valence-electron chi connectivity index (χ0n) is 8.83. The fraction of sp³-hybridized carbons (Fsp3) is 1.00. The quantitative estimate of drug-likeness (QED) is 0.691. The van der Waals surface area contributed by atoms with Gasteiger partial charge in [-0.15, -0.1) is 0 Å². The van der Waals surface area contributed by atoms with Gasteiger partial charge in [0.25, 0.3) is 0 Å². The molecule has 1 aliphatic heterocycles. The van der Waals surface area contributed by atoms with Gasteiger partial charge in [-0.1, -0.05) is 6.92 Å². The Kier molecular flexibility index (Phi) is 4.70. The van der Waals surface area contributed by atoms with Crippen molar-refractivity contribution in [3.63, 3.8) is 0 Å². The zero-order chi connectivity index (χ0) is 9.68. The van der Waals surface area contributed by atoms with E-state index in [1.807, 2.05) is 0 Å². The molecule has 0 saturated carbocycles. The molecule has 1 heterocycles. The fourth-order valence-corrected chi connectivity index (χ4v) is 1.63. The van der Waals surface area contributed by atoms with Crippen LogP contribution in [0.25, 0.3) is 0 Å². The molecule has 1 fully saturated rings. The lowest BCUT2D eigenvalue weighted by Crippen LogP contribution is -2.35. The number of likely N-dealkylation sites (N-methyl/N-ethyl adjacent to an activating group) is 1. The van der Waals surface area contributed by atoms with Crippen LogP contribution < -0.4 is 5.73 Å². The standard InChI is InChI=1S/C10H22N2O/c1-3-9(11)4-6-12(2)10-5-7-13-8-10/h9-10H,3-8,11H2,1-2H3. The summed E-state index contributed by atoms with van der Waals surface area (Å²) in [7, 11) is 2.17. The van der Waals surface area contributed by atoms with E-state index in [1.54, 1.807) is 0 Å². The van der Waals surface area contributed by atoms with Crippen LogP contribution in [0.3, 0.4) is 0 Å². The summed E-state index contributed by atoms with van der Waals surface area (Å²) in [6, 6.07) is 0.994. The highest BCUT2D eigenvalue weighted by molar-refractivity contribution is 4.74. The van der Waals surface area contributed by atoms with Crippen LogP contribution in [0, 0.1) is 0 Å². The highest BCUT2D eigenvalue weighted by Crippen LogP contribution is 2.11. The molecule has 0 aliphatic carbocycles. The molecule has 0 aromatic rings. The van der Waals surface area contributed by atoms with Crippen molar-refractivity contribution in [3.05, 3.63) is 0 Å². The van der Waals surface area contributed by atoms with Crippen molar-refractivity contribution in [1.29, 1.82) is 0 Å². The summed E-state index contributed by atoms with van der Waals surface area (Å²) in [5.74, 6) is 0. The smallest absolute Gasteiger partial charge is 0.0622 e. The van der Waals surface area contributed by atoms with E-state index in [2.05, 4.69) is 18.9 Å². The minimum absolute atomic E-state index is 0.366. The fourth-order valence-electron chi connectivity index (χ4n) is 1.63. The number of rotatable bonds is 5. The Morgan fingerprint density at radius 2 is 2.38 bits per heavy atom. The lowest BCUT2D eigenvalue weighted by Gasteiger charge is -2.23. The van der Waals surface area contributed by atoms with Crippen LogP contribution in [0.2, 0.25) is 0 Å². The molecule has 2 N–H and O–H groups in total. The molecule has 0 bridgehead atoms. The second kappa shape index (κ2) is 5.58. The Morgan fingerprint density at radius 3 is 2.92 bits per heavy atom. The second-order valence-electron chi connectivity index (χ2n) is 3.96. The van der Waals surface area contributed by atoms with Crippen LogP contribution >= 0.6 is 0 Å². The van der Waals surface area contributed by atoms with Crippen LogP contribution in [-0.4, -0.2) is 43.8 Å². The van der Waals surface area contributed by atoms with Crippen molar-refractivity contribution >= 4 is 0 Å². The molecular weight excluding hydrogens is 164 g/mol. The largest absolute Gasteiger partial charge is 0.380 e. The SMILES string of the molecule is CCC(N)CCN(C)C1CCOC1. The third kappa shape index (κ3) is 3.63. The predicted molar refractivity (Wildman–Crippen MR) is 54.7 cm³/mol. The van der Waals surface area contributed by atoms with Gasteiger partial charge < -0.3 is 15.4 Å². The van der Waals surface area contributed by atoms with Crippen molar-refractivity contribution in [2.75, 3.05) is 26.8 Å². The third-order valence-corrected chi connectivity index (χ3v) is 2.91. The Bertz CT molecular complexity index is 135. The van der Waals surface area contributed by atoms with Crippen molar-refractivity contribution in [2.45, 2.75) is 38.3 Å². The third-order valence-electron chi connectivity index (χ3n) is 2.91. The topological polar surface area (TPSA) is 38.5 Å². The van der Waals surface area contributed by atoms with Crippen molar-refractivity contribution < 1.29 is 4.74 Å². The molecule has 78 valence electrons. The van der Waals surface area contributed by atoms with Crippen molar-refractivity contribution in [3.8, 4) is 0 Å². The highest BCUT2D eigenvalue weighted by Gasteiger charge is 2.19. The van der Waals surface area contributed by atoms with Crippen molar-refractivity contribution in [2.24, 2.45) is 5.73 Å². The summed E-state index contributed by atoms with van der Waals surface area (Å²) in [5, 5.41) is 0. The Labute approximate surface area is 81.2 Å². The van der Waals surface area contributed by atoms with Gasteiger partial charge in [0.2, 0.25) is 0 Å². The molecule has 0 aromatic carbocycles. The van der Waals surface area contributed by atoms with Gasteiger partial charge in [0.1, 0.15) is 0 Å². The first-order valence-electron chi connectivity index (χ1n) is 5.27. The van der Waals surface area contributed by atoms with E-state index < -0.39 is 0 Å². The molecular formula is C10H22N2O. The maximum absolute atomic E-state index is 5.86. The molecule has 0 aromatic heterocycles. The molecule has 13 heavy (non-hydrogen) atoms. The van der Waals surface area contributed by atoms with Gasteiger partial charge in [-0.2, -0.15) is 0 Å². The van der Waals surface area contributed by atoms with E-state index in [-0.39, 0.29) is 0 Å². The first kappa shape index (κ1) is 11.0. The lowest BCUT2D eigenvalue weighted by atomic mass is 10.1. The Morgan fingerprint density at radius 1 is 1.62 bits per heavy atom. The monoisotopic (exact) mass is 186 g/mol. The number of nitrogens with two attached hydrogens (primary N) is 1. The summed E-state index contributed by atoms with van der Waals surface area (Å²) in [5.41, 5.74) is 5.86. The first-order valence-corrected chi connectivity index (χ1v) is 5.27. The lowest BCUT2D eigenvalue weighted by molar-refractivity contribution is 0.157. The highest BCUT2D eigenvalue weighted by atomic mass is 16.5. The van der Waals surface area contributed by atoms with Gasteiger partial charge >= 0.3 is 0 Å². The summed E-state index contributed by atoms with van der Waals surface area (Å²) in [6.45, 7) is 5.07. The van der Waals surface area contributed by atoms with Gasteiger partial charge in [-0.3, -0.25) is 0 Å². The van der Waals surface area contributed by atoms with Crippen LogP contribution in [-0.2, 0) is 4.74 Å². The first-order chi connectivity index (χ1) is 6.24. The van der Waals surface area contributed by atoms with E-state index >= 15 is 0 Å². The van der Waals surface area contributed by atoms with Gasteiger partial charge in [-0.05, 0) is 32.9 Å². The Hall–Kier alpha value is -0.120. The van der Waals surface area contributed by atoms with Gasteiger partial charge in [0.05, 0.1) is 6.61 Å². The zero-order valence-corrected chi connectivity index (χ0v) is 8.83. The minimum atomic E-state index is 0.366. The van der Waals surface area contributed by atoms with Gasteiger partial charge in [0, 0.05) is 18.7 Å². The second-order valence-corrected chi connectivity index (χ2v) is 3.96. The number of hydrogen-bond acceptors (Lipinski definition) is 3. The average molecular weight is 186 g/mol. The molecule has 1 saturated heterocycles. The van der Waals surface area contributed by atoms with E-state index in [0.29, 0.717) is 12.1 Å². The van der Waals surface area contributed by atoms with Crippen LogP contribution in [0.4, 0.5) is 0 Å². The molecule has 1 aliphatic rings. The van der Waals surface area contributed by atoms with E-state index in [9.17, 15) is 0 Å². The number of hydrogen-bond donors (Lipinski definition) is 1. The summed E-state index contributed by atoms with van der Waals surface area (Å²) < 4.78 is 5.34. The maximum atomic E-state index is 5.86. The molecule has 3 nitrogen and oxygen atoms in total. The molecule has 0 spiro atoms. The summed E-state index contributed by atoms with van der Waals surface area (Å²) in [4.78, 5) is 2.38. The normalized spacial score (nSPS) is 25.4. The Balaban J connectivity index is 2.12. The van der Waals surface area contributed by atoms with E-state index in [0.717, 1.165) is 32.6 Å². The molecule has 2 atom stereocenters. The predicted octanol–water partition coefficient (Wildman–Crippen LogP) is 0.834. The molecule has 0 amide bonds. The van der Waals surface area contributed by atoms with E-state index in [4.69, 9.17) is 10.5 Å². The summed E-state index contributed by atoms with van der Waals surface area (Å²) in [6.07, 6.45) is 3.36. The van der Waals surface area contributed by atoms with Crippen LogP contribution in [0.1, 0.15) is 26.2 Å². The van der Waals surface area contributed by atoms with Crippen LogP contribution in [0.5, 0.6) is 0 Å². The minimum Gasteiger partial charge on any atom is -0.380 e. The molecule has 0 radical (unpaired) electrons. The molecule has 2 unspecified atom stereocenters. The van der Waals surface area contributed by atoms with Crippen molar-refractivity contribution in [1.82, 2.24) is 4.90 Å². The number of ether oxygens (including phenoxy) is 1.